The van der Waals surface area contributed by atoms with Crippen LogP contribution in [0.4, 0.5) is 57.1 Å². The lowest BCUT2D eigenvalue weighted by atomic mass is 10.1. The van der Waals surface area contributed by atoms with Gasteiger partial charge in [-0.05, 0) is 0 Å². The molecule has 0 spiro atoms. The van der Waals surface area contributed by atoms with E-state index in [-0.39, 0.29) is 0 Å². The van der Waals surface area contributed by atoms with E-state index in [4.69, 9.17) is 5.11 Å². The highest BCUT2D eigenvalue weighted by Gasteiger charge is 2.92. The number of rotatable bonds is 5. The average molecular weight is 394 g/mol. The van der Waals surface area contributed by atoms with Gasteiger partial charge >= 0.3 is 48.6 Å². The summed E-state index contributed by atoms with van der Waals surface area (Å²) >= 11 is 0. The van der Waals surface area contributed by atoms with Gasteiger partial charge in [0.2, 0.25) is 0 Å². The summed E-state index contributed by atoms with van der Waals surface area (Å²) in [6.07, 6.45) is -24.3. The predicted octanol–water partition coefficient (Wildman–Crippen LogP) is 3.37. The Morgan fingerprint density at radius 3 is 1.38 bits per heavy atom. The molecule has 2 unspecified atom stereocenters. The highest BCUT2D eigenvalue weighted by molar-refractivity contribution is 5.08. The van der Waals surface area contributed by atoms with Gasteiger partial charge in [-0.2, -0.15) is 39.5 Å². The number of ether oxygens (including phenoxy) is 2. The van der Waals surface area contributed by atoms with Crippen molar-refractivity contribution in [1.82, 2.24) is 0 Å². The van der Waals surface area contributed by atoms with Crippen molar-refractivity contribution in [2.24, 2.45) is 0 Å². The molecule has 1 fully saturated rings. The summed E-state index contributed by atoms with van der Waals surface area (Å²) in [6.45, 7) is 0. The van der Waals surface area contributed by atoms with E-state index in [1.165, 1.54) is 0 Å². The Balaban J connectivity index is 3.67. The zero-order chi connectivity index (χ0) is 19.6. The van der Waals surface area contributed by atoms with Crippen LogP contribution < -0.4 is 0 Å². The number of hydrogen-bond donors (Lipinski definition) is 1. The summed E-state index contributed by atoms with van der Waals surface area (Å²) < 4.78 is 170. The molecule has 3 nitrogen and oxygen atoms in total. The van der Waals surface area contributed by atoms with Crippen LogP contribution in [-0.2, 0) is 9.47 Å². The van der Waals surface area contributed by atoms with Gasteiger partial charge in [0, 0.05) is 0 Å². The summed E-state index contributed by atoms with van der Waals surface area (Å²) in [5, 5.41) is 8.09. The minimum absolute atomic E-state index is 2.21. The molecule has 0 aromatic rings. The molecule has 24 heavy (non-hydrogen) atoms. The first-order chi connectivity index (χ1) is 10.3. The molecule has 1 N–H and O–H groups in total. The molecule has 0 bridgehead atoms. The topological polar surface area (TPSA) is 38.7 Å². The van der Waals surface area contributed by atoms with Crippen LogP contribution >= 0.6 is 0 Å². The first kappa shape index (κ1) is 21.0. The lowest BCUT2D eigenvalue weighted by Gasteiger charge is -2.37. The van der Waals surface area contributed by atoms with Crippen LogP contribution in [0.3, 0.4) is 0 Å². The molecule has 0 radical (unpaired) electrons. The van der Waals surface area contributed by atoms with E-state index < -0.39 is 48.6 Å². The first-order valence-corrected chi connectivity index (χ1v) is 5.19. The molecule has 1 rings (SSSR count). The fourth-order valence-electron chi connectivity index (χ4n) is 1.53. The summed E-state index contributed by atoms with van der Waals surface area (Å²) in [5.41, 5.74) is 0. The normalized spacial score (nSPS) is 32.0. The fourth-order valence-corrected chi connectivity index (χ4v) is 1.53. The van der Waals surface area contributed by atoms with Gasteiger partial charge in [-0.1, -0.05) is 0 Å². The van der Waals surface area contributed by atoms with Crippen molar-refractivity contribution in [1.29, 1.82) is 0 Å². The number of alkyl halides is 13. The molecule has 1 heterocycles. The molecular formula is C8H3F13O3. The van der Waals surface area contributed by atoms with E-state index in [1.54, 1.807) is 0 Å². The zero-order valence-electron chi connectivity index (χ0n) is 10.3. The molecule has 1 aliphatic rings. The SMILES string of the molecule is OC(F)(F)C1(C(F)(F)C(F)F)OC(F)(F)C(F)(C(F)(F)C(F)F)O1. The smallest absolute Gasteiger partial charge is 0.332 e. The molecule has 1 saturated heterocycles. The quantitative estimate of drug-likeness (QED) is 0.727. The van der Waals surface area contributed by atoms with Crippen LogP contribution in [0, 0.1) is 0 Å². The van der Waals surface area contributed by atoms with Crippen molar-refractivity contribution in [3.05, 3.63) is 0 Å². The van der Waals surface area contributed by atoms with E-state index >= 15 is 0 Å². The third-order valence-electron chi connectivity index (χ3n) is 2.74. The van der Waals surface area contributed by atoms with Gasteiger partial charge in [-0.25, -0.2) is 17.6 Å². The number of halogens is 13. The number of aliphatic hydroxyl groups is 1. The van der Waals surface area contributed by atoms with Gasteiger partial charge < -0.3 is 5.11 Å². The van der Waals surface area contributed by atoms with Crippen LogP contribution in [-0.4, -0.2) is 53.7 Å². The van der Waals surface area contributed by atoms with Gasteiger partial charge in [0.25, 0.3) is 0 Å². The van der Waals surface area contributed by atoms with Crippen LogP contribution in [0.1, 0.15) is 0 Å². The molecule has 1 aliphatic heterocycles. The standard InChI is InChI=1S/C8H3F13O3/c9-1(10)3(13,14)5(17)8(20,21)24-6(23-5,7(18,19)22)4(15,16)2(11)12/h1-2,22H. The van der Waals surface area contributed by atoms with Crippen molar-refractivity contribution in [3.8, 4) is 0 Å². The third kappa shape index (κ3) is 2.40. The molecule has 0 aromatic heterocycles. The Labute approximate surface area is 121 Å². The van der Waals surface area contributed by atoms with Crippen LogP contribution in [0.5, 0.6) is 0 Å². The van der Waals surface area contributed by atoms with Crippen molar-refractivity contribution < 1.29 is 71.7 Å². The largest absolute Gasteiger partial charge is 0.424 e. The maximum Gasteiger partial charge on any atom is 0.424 e. The number of hydrogen-bond acceptors (Lipinski definition) is 3. The molecule has 0 amide bonds. The molecule has 2 atom stereocenters. The first-order valence-electron chi connectivity index (χ1n) is 5.19. The second-order valence-corrected chi connectivity index (χ2v) is 4.32. The Bertz CT molecular complexity index is 488. The lowest BCUT2D eigenvalue weighted by Crippen LogP contribution is -2.66. The maximum atomic E-state index is 13.6. The zero-order valence-corrected chi connectivity index (χ0v) is 10.3. The molecular weight excluding hydrogens is 391 g/mol. The second-order valence-electron chi connectivity index (χ2n) is 4.32. The summed E-state index contributed by atoms with van der Waals surface area (Å²) in [6, 6.07) is 0. The highest BCUT2D eigenvalue weighted by atomic mass is 19.3. The van der Waals surface area contributed by atoms with Crippen molar-refractivity contribution in [3.63, 3.8) is 0 Å². The molecule has 0 aromatic carbocycles. The maximum absolute atomic E-state index is 13.6. The summed E-state index contributed by atoms with van der Waals surface area (Å²) in [4.78, 5) is 0. The Kier molecular flexibility index (Phi) is 4.58. The second kappa shape index (κ2) is 5.23. The lowest BCUT2D eigenvalue weighted by molar-refractivity contribution is -0.472. The van der Waals surface area contributed by atoms with Crippen LogP contribution in [0.25, 0.3) is 0 Å². The molecule has 0 saturated carbocycles. The van der Waals surface area contributed by atoms with Crippen LogP contribution in [0.15, 0.2) is 0 Å². The van der Waals surface area contributed by atoms with Crippen molar-refractivity contribution >= 4 is 0 Å². The van der Waals surface area contributed by atoms with Gasteiger partial charge in [0.15, 0.2) is 0 Å². The minimum atomic E-state index is -6.79. The third-order valence-corrected chi connectivity index (χ3v) is 2.74. The predicted molar refractivity (Wildman–Crippen MR) is 42.8 cm³/mol. The fraction of sp³-hybridized carbons (Fsp3) is 1.00. The van der Waals surface area contributed by atoms with E-state index in [0.717, 1.165) is 0 Å². The molecule has 144 valence electrons. The summed E-state index contributed by atoms with van der Waals surface area (Å²) in [7, 11) is 0. The van der Waals surface area contributed by atoms with Crippen molar-refractivity contribution in [2.45, 2.75) is 48.6 Å². The van der Waals surface area contributed by atoms with Gasteiger partial charge in [-0.3, -0.25) is 9.47 Å². The van der Waals surface area contributed by atoms with Gasteiger partial charge in [0.1, 0.15) is 0 Å². The Morgan fingerprint density at radius 2 is 1.08 bits per heavy atom. The van der Waals surface area contributed by atoms with Crippen LogP contribution in [0.2, 0.25) is 0 Å². The Hall–Kier alpha value is -1.03. The van der Waals surface area contributed by atoms with E-state index in [9.17, 15) is 57.1 Å². The summed E-state index contributed by atoms with van der Waals surface area (Å²) in [5.74, 6) is -26.7. The molecule has 0 aliphatic carbocycles. The van der Waals surface area contributed by atoms with Gasteiger partial charge in [-0.15, -0.1) is 0 Å². The molecule has 16 heteroatoms. The van der Waals surface area contributed by atoms with E-state index in [0.29, 0.717) is 0 Å². The van der Waals surface area contributed by atoms with E-state index in [1.807, 2.05) is 0 Å². The van der Waals surface area contributed by atoms with Crippen molar-refractivity contribution in [2.75, 3.05) is 0 Å². The highest BCUT2D eigenvalue weighted by Crippen LogP contribution is 2.63. The monoisotopic (exact) mass is 394 g/mol. The minimum Gasteiger partial charge on any atom is -0.332 e. The average Bonchev–Trinajstić information content (AvgIpc) is 2.58. The van der Waals surface area contributed by atoms with Gasteiger partial charge in [0.05, 0.1) is 0 Å². The van der Waals surface area contributed by atoms with E-state index in [2.05, 4.69) is 9.47 Å². The Morgan fingerprint density at radius 1 is 0.708 bits per heavy atom.